The first kappa shape index (κ1) is 20.2. The molecule has 0 aliphatic carbocycles. The lowest BCUT2D eigenvalue weighted by molar-refractivity contribution is 0.603. The van der Waals surface area contributed by atoms with E-state index in [1.165, 1.54) is 17.3 Å². The molecule has 2 rings (SSSR count). The molecule has 0 aliphatic heterocycles. The number of hydrogen-bond acceptors (Lipinski definition) is 2. The summed E-state index contributed by atoms with van der Waals surface area (Å²) in [6.45, 7) is 6.75. The van der Waals surface area contributed by atoms with Gasteiger partial charge in [0.15, 0.2) is 5.96 Å². The van der Waals surface area contributed by atoms with E-state index in [0.717, 1.165) is 12.1 Å². The molecule has 142 valence electrons. The van der Waals surface area contributed by atoms with Crippen molar-refractivity contribution in [1.82, 2.24) is 20.4 Å². The quantitative estimate of drug-likeness (QED) is 0.598. The van der Waals surface area contributed by atoms with Crippen LogP contribution in [0.3, 0.4) is 0 Å². The van der Waals surface area contributed by atoms with Gasteiger partial charge in [0, 0.05) is 43.0 Å². The third-order valence-electron chi connectivity index (χ3n) is 4.51. The van der Waals surface area contributed by atoms with Gasteiger partial charge in [-0.3, -0.25) is 9.67 Å². The van der Waals surface area contributed by atoms with E-state index in [1.807, 2.05) is 18.7 Å². The summed E-state index contributed by atoms with van der Waals surface area (Å²) >= 11 is 6.06. The van der Waals surface area contributed by atoms with E-state index < -0.39 is 0 Å². The molecule has 0 saturated carbocycles. The van der Waals surface area contributed by atoms with Crippen LogP contribution in [-0.4, -0.2) is 35.4 Å². The van der Waals surface area contributed by atoms with Crippen LogP contribution < -0.4 is 10.6 Å². The fourth-order valence-corrected chi connectivity index (χ4v) is 3.23. The predicted octanol–water partition coefficient (Wildman–Crippen LogP) is 3.17. The number of nitrogens with zero attached hydrogens (tertiary/aromatic N) is 3. The number of rotatable bonds is 6. The van der Waals surface area contributed by atoms with Crippen molar-refractivity contribution in [2.24, 2.45) is 12.0 Å². The fourth-order valence-electron chi connectivity index (χ4n) is 2.98. The van der Waals surface area contributed by atoms with Crippen LogP contribution in [0.25, 0.3) is 0 Å². The minimum atomic E-state index is -0.279. The zero-order chi connectivity index (χ0) is 19.3. The van der Waals surface area contributed by atoms with Crippen molar-refractivity contribution in [2.75, 3.05) is 13.6 Å². The smallest absolute Gasteiger partial charge is 0.191 e. The SMILES string of the molecule is CN=C(NCCc1c(F)cccc1Cl)NC(C)Cc1c(C)nn(C)c1C. The first-order valence-electron chi connectivity index (χ1n) is 8.72. The maximum atomic E-state index is 13.8. The van der Waals surface area contributed by atoms with Crippen molar-refractivity contribution < 1.29 is 4.39 Å². The van der Waals surface area contributed by atoms with Gasteiger partial charge in [0.1, 0.15) is 5.82 Å². The molecule has 0 spiro atoms. The molecular weight excluding hydrogens is 353 g/mol. The summed E-state index contributed by atoms with van der Waals surface area (Å²) < 4.78 is 15.7. The van der Waals surface area contributed by atoms with E-state index in [0.29, 0.717) is 29.5 Å². The van der Waals surface area contributed by atoms with Crippen molar-refractivity contribution in [3.63, 3.8) is 0 Å². The van der Waals surface area contributed by atoms with E-state index in [1.54, 1.807) is 19.2 Å². The zero-order valence-electron chi connectivity index (χ0n) is 16.0. The minimum Gasteiger partial charge on any atom is -0.356 e. The Morgan fingerprint density at radius 1 is 1.35 bits per heavy atom. The topological polar surface area (TPSA) is 54.2 Å². The number of benzene rings is 1. The first-order valence-corrected chi connectivity index (χ1v) is 9.10. The lowest BCUT2D eigenvalue weighted by atomic mass is 10.1. The monoisotopic (exact) mass is 379 g/mol. The van der Waals surface area contributed by atoms with Crippen LogP contribution in [0.5, 0.6) is 0 Å². The summed E-state index contributed by atoms with van der Waals surface area (Å²) in [5, 5.41) is 11.5. The number of hydrogen-bond donors (Lipinski definition) is 2. The molecule has 2 aromatic rings. The second-order valence-corrected chi connectivity index (χ2v) is 6.88. The van der Waals surface area contributed by atoms with Gasteiger partial charge in [0.05, 0.1) is 5.69 Å². The predicted molar refractivity (Wildman–Crippen MR) is 105 cm³/mol. The molecule has 0 bridgehead atoms. The lowest BCUT2D eigenvalue weighted by Crippen LogP contribution is -2.43. The van der Waals surface area contributed by atoms with Crippen molar-refractivity contribution in [1.29, 1.82) is 0 Å². The van der Waals surface area contributed by atoms with Gasteiger partial charge in [-0.25, -0.2) is 4.39 Å². The second-order valence-electron chi connectivity index (χ2n) is 6.47. The Morgan fingerprint density at radius 2 is 2.08 bits per heavy atom. The Bertz CT molecular complexity index is 764. The van der Waals surface area contributed by atoms with Gasteiger partial charge in [-0.05, 0) is 51.3 Å². The highest BCUT2D eigenvalue weighted by atomic mass is 35.5. The van der Waals surface area contributed by atoms with Crippen LogP contribution in [0, 0.1) is 19.7 Å². The van der Waals surface area contributed by atoms with Crippen molar-refractivity contribution in [3.8, 4) is 0 Å². The molecule has 0 fully saturated rings. The first-order chi connectivity index (χ1) is 12.3. The number of guanidine groups is 1. The highest BCUT2D eigenvalue weighted by Crippen LogP contribution is 2.19. The van der Waals surface area contributed by atoms with E-state index in [9.17, 15) is 4.39 Å². The van der Waals surface area contributed by atoms with Crippen LogP contribution in [0.2, 0.25) is 5.02 Å². The molecule has 7 heteroatoms. The Kier molecular flexibility index (Phi) is 7.03. The Hall–Kier alpha value is -2.08. The van der Waals surface area contributed by atoms with Gasteiger partial charge < -0.3 is 10.6 Å². The van der Waals surface area contributed by atoms with Gasteiger partial charge >= 0.3 is 0 Å². The van der Waals surface area contributed by atoms with Crippen LogP contribution in [0.4, 0.5) is 4.39 Å². The molecule has 1 aromatic carbocycles. The number of halogens is 2. The standard InChI is InChI=1S/C19H27ClFN5/c1-12(11-16-13(2)25-26(5)14(16)3)24-19(22-4)23-10-9-15-17(20)7-6-8-18(15)21/h6-8,12H,9-11H2,1-5H3,(H2,22,23,24). The molecule has 0 amide bonds. The summed E-state index contributed by atoms with van der Waals surface area (Å²) in [6.07, 6.45) is 1.34. The second kappa shape index (κ2) is 9.03. The summed E-state index contributed by atoms with van der Waals surface area (Å²) in [5.74, 6) is 0.405. The highest BCUT2D eigenvalue weighted by molar-refractivity contribution is 6.31. The van der Waals surface area contributed by atoms with Crippen LogP contribution in [0.15, 0.2) is 23.2 Å². The summed E-state index contributed by atoms with van der Waals surface area (Å²) in [4.78, 5) is 4.24. The number of aryl methyl sites for hydroxylation is 2. The molecule has 1 unspecified atom stereocenters. The molecule has 1 aromatic heterocycles. The summed E-state index contributed by atoms with van der Waals surface area (Å²) in [7, 11) is 3.68. The van der Waals surface area contributed by atoms with Crippen molar-refractivity contribution in [2.45, 2.75) is 39.7 Å². The molecule has 0 saturated heterocycles. The summed E-state index contributed by atoms with van der Waals surface area (Å²) in [5.41, 5.74) is 4.00. The largest absolute Gasteiger partial charge is 0.356 e. The van der Waals surface area contributed by atoms with E-state index in [4.69, 9.17) is 11.6 Å². The van der Waals surface area contributed by atoms with Gasteiger partial charge in [-0.2, -0.15) is 5.10 Å². The summed E-state index contributed by atoms with van der Waals surface area (Å²) in [6, 6.07) is 4.92. The lowest BCUT2D eigenvalue weighted by Gasteiger charge is -2.18. The Labute approximate surface area is 159 Å². The third kappa shape index (κ3) is 4.97. The van der Waals surface area contributed by atoms with Gasteiger partial charge in [-0.1, -0.05) is 17.7 Å². The number of aliphatic imine (C=N–C) groups is 1. The Balaban J connectivity index is 1.89. The Morgan fingerprint density at radius 3 is 2.65 bits per heavy atom. The molecule has 1 heterocycles. The fraction of sp³-hybridized carbons (Fsp3) is 0.474. The molecular formula is C19H27ClFN5. The normalized spacial score (nSPS) is 13.0. The van der Waals surface area contributed by atoms with Crippen LogP contribution in [0.1, 0.15) is 29.4 Å². The van der Waals surface area contributed by atoms with Crippen molar-refractivity contribution in [3.05, 3.63) is 51.6 Å². The third-order valence-corrected chi connectivity index (χ3v) is 4.86. The molecule has 5 nitrogen and oxygen atoms in total. The molecule has 26 heavy (non-hydrogen) atoms. The average Bonchev–Trinajstić information content (AvgIpc) is 2.82. The van der Waals surface area contributed by atoms with Crippen molar-refractivity contribution >= 4 is 17.6 Å². The maximum Gasteiger partial charge on any atom is 0.191 e. The minimum absolute atomic E-state index is 0.180. The number of aromatic nitrogens is 2. The van der Waals surface area contributed by atoms with Gasteiger partial charge in [0.2, 0.25) is 0 Å². The number of nitrogens with one attached hydrogen (secondary N) is 2. The maximum absolute atomic E-state index is 13.8. The van der Waals surface area contributed by atoms with E-state index in [-0.39, 0.29) is 11.9 Å². The van der Waals surface area contributed by atoms with Crippen LogP contribution in [-0.2, 0) is 19.9 Å². The highest BCUT2D eigenvalue weighted by Gasteiger charge is 2.14. The van der Waals surface area contributed by atoms with E-state index in [2.05, 4.69) is 34.6 Å². The van der Waals surface area contributed by atoms with Gasteiger partial charge in [0.25, 0.3) is 0 Å². The average molecular weight is 380 g/mol. The zero-order valence-corrected chi connectivity index (χ0v) is 16.8. The molecule has 0 radical (unpaired) electrons. The molecule has 1 atom stereocenters. The van der Waals surface area contributed by atoms with E-state index >= 15 is 0 Å². The van der Waals surface area contributed by atoms with Crippen LogP contribution >= 0.6 is 11.6 Å². The van der Waals surface area contributed by atoms with Gasteiger partial charge in [-0.15, -0.1) is 0 Å². The molecule has 0 aliphatic rings. The molecule has 2 N–H and O–H groups in total.